The summed E-state index contributed by atoms with van der Waals surface area (Å²) < 4.78 is 20.4. The van der Waals surface area contributed by atoms with E-state index in [0.29, 0.717) is 28.3 Å². The van der Waals surface area contributed by atoms with Gasteiger partial charge in [-0.1, -0.05) is 6.07 Å². The summed E-state index contributed by atoms with van der Waals surface area (Å²) in [6, 6.07) is 14.3. The minimum Gasteiger partial charge on any atom is -0.465 e. The number of hydrogen-bond acceptors (Lipinski definition) is 7. The van der Waals surface area contributed by atoms with Crippen molar-refractivity contribution in [2.45, 2.75) is 0 Å². The number of rotatable bonds is 6. The third kappa shape index (κ3) is 4.62. The number of furan rings is 1. The Morgan fingerprint density at radius 2 is 1.78 bits per heavy atom. The van der Waals surface area contributed by atoms with Crippen LogP contribution in [0, 0.1) is 0 Å². The van der Waals surface area contributed by atoms with Crippen LogP contribution in [0.4, 0.5) is 5.69 Å². The summed E-state index contributed by atoms with van der Waals surface area (Å²) in [6.07, 6.45) is 2.86. The van der Waals surface area contributed by atoms with Crippen molar-refractivity contribution in [3.05, 3.63) is 83.4 Å². The van der Waals surface area contributed by atoms with Crippen LogP contribution < -0.4 is 20.1 Å². The first-order chi connectivity index (χ1) is 15.5. The maximum Gasteiger partial charge on any atom is 0.337 e. The molecule has 0 unspecified atom stereocenters. The van der Waals surface area contributed by atoms with Crippen molar-refractivity contribution >= 4 is 29.5 Å². The van der Waals surface area contributed by atoms with Crippen LogP contribution in [-0.2, 0) is 9.53 Å². The van der Waals surface area contributed by atoms with Crippen molar-refractivity contribution < 1.29 is 33.0 Å². The Morgan fingerprint density at radius 3 is 2.50 bits per heavy atom. The average molecular weight is 434 g/mol. The molecule has 0 aliphatic carbocycles. The molecule has 2 aromatic carbocycles. The van der Waals surface area contributed by atoms with E-state index in [1.807, 2.05) is 0 Å². The number of carbonyl (C=O) groups excluding carboxylic acids is 3. The summed E-state index contributed by atoms with van der Waals surface area (Å²) in [4.78, 5) is 37.0. The van der Waals surface area contributed by atoms with Crippen LogP contribution in [0.5, 0.6) is 11.5 Å². The number of ether oxygens (including phenoxy) is 3. The number of amides is 2. The van der Waals surface area contributed by atoms with E-state index in [9.17, 15) is 14.4 Å². The summed E-state index contributed by atoms with van der Waals surface area (Å²) in [5.41, 5.74) is 1.35. The second-order valence-corrected chi connectivity index (χ2v) is 6.63. The minimum atomic E-state index is -0.585. The Labute approximate surface area is 182 Å². The summed E-state index contributed by atoms with van der Waals surface area (Å²) >= 11 is 0. The van der Waals surface area contributed by atoms with Crippen LogP contribution in [0.3, 0.4) is 0 Å². The van der Waals surface area contributed by atoms with Crippen LogP contribution in [0.25, 0.3) is 6.08 Å². The molecule has 0 saturated carbocycles. The number of hydrogen-bond donors (Lipinski definition) is 2. The van der Waals surface area contributed by atoms with Gasteiger partial charge < -0.3 is 29.3 Å². The predicted octanol–water partition coefficient (Wildman–Crippen LogP) is 3.20. The van der Waals surface area contributed by atoms with E-state index in [0.717, 1.165) is 0 Å². The first-order valence-electron chi connectivity index (χ1n) is 9.49. The van der Waals surface area contributed by atoms with Crippen LogP contribution >= 0.6 is 0 Å². The molecule has 2 heterocycles. The first kappa shape index (κ1) is 20.7. The molecule has 0 radical (unpaired) electrons. The average Bonchev–Trinajstić information content (AvgIpc) is 3.50. The monoisotopic (exact) mass is 434 g/mol. The quantitative estimate of drug-likeness (QED) is 0.452. The van der Waals surface area contributed by atoms with Gasteiger partial charge in [-0.05, 0) is 60.2 Å². The van der Waals surface area contributed by atoms with Gasteiger partial charge >= 0.3 is 5.97 Å². The number of fused-ring (bicyclic) bond motifs is 1. The van der Waals surface area contributed by atoms with Gasteiger partial charge in [0.25, 0.3) is 11.8 Å². The molecule has 1 aliphatic heterocycles. The lowest BCUT2D eigenvalue weighted by Crippen LogP contribution is -2.30. The molecule has 1 aromatic heterocycles. The number of anilines is 1. The second-order valence-electron chi connectivity index (χ2n) is 6.63. The minimum absolute atomic E-state index is 0.0256. The van der Waals surface area contributed by atoms with Crippen molar-refractivity contribution in [1.82, 2.24) is 5.32 Å². The maximum atomic E-state index is 13.0. The SMILES string of the molecule is COC(=O)c1ccc(NC(=O)/C(=C/c2ccc3c(c2)OCO3)NC(=O)c2ccco2)cc1. The Morgan fingerprint density at radius 1 is 1.00 bits per heavy atom. The van der Waals surface area contributed by atoms with Crippen molar-refractivity contribution in [2.24, 2.45) is 0 Å². The topological polar surface area (TPSA) is 116 Å². The molecule has 162 valence electrons. The van der Waals surface area contributed by atoms with Gasteiger partial charge in [-0.25, -0.2) is 4.79 Å². The molecular weight excluding hydrogens is 416 g/mol. The number of nitrogens with one attached hydrogen (secondary N) is 2. The molecule has 4 rings (SSSR count). The lowest BCUT2D eigenvalue weighted by molar-refractivity contribution is -0.113. The van der Waals surface area contributed by atoms with Gasteiger partial charge in [-0.3, -0.25) is 9.59 Å². The molecular formula is C23H18N2O7. The zero-order chi connectivity index (χ0) is 22.5. The molecule has 3 aromatic rings. The van der Waals surface area contributed by atoms with Gasteiger partial charge in [-0.15, -0.1) is 0 Å². The number of benzene rings is 2. The van der Waals surface area contributed by atoms with Crippen LogP contribution in [0.2, 0.25) is 0 Å². The fourth-order valence-corrected chi connectivity index (χ4v) is 2.93. The number of methoxy groups -OCH3 is 1. The Kier molecular flexibility index (Phi) is 5.89. The number of esters is 1. The molecule has 2 N–H and O–H groups in total. The zero-order valence-electron chi connectivity index (χ0n) is 16.9. The molecule has 0 saturated heterocycles. The van der Waals surface area contributed by atoms with Crippen LogP contribution in [0.1, 0.15) is 26.5 Å². The van der Waals surface area contributed by atoms with Crippen LogP contribution in [-0.4, -0.2) is 31.7 Å². The van der Waals surface area contributed by atoms with E-state index >= 15 is 0 Å². The van der Waals surface area contributed by atoms with Gasteiger partial charge in [0.05, 0.1) is 18.9 Å². The molecule has 0 fully saturated rings. The normalized spacial score (nSPS) is 12.2. The van der Waals surface area contributed by atoms with Crippen molar-refractivity contribution in [3.8, 4) is 11.5 Å². The summed E-state index contributed by atoms with van der Waals surface area (Å²) in [5.74, 6) is -0.465. The molecule has 0 spiro atoms. The highest BCUT2D eigenvalue weighted by Gasteiger charge is 2.18. The summed E-state index contributed by atoms with van der Waals surface area (Å²) in [7, 11) is 1.28. The van der Waals surface area contributed by atoms with Gasteiger partial charge in [0.15, 0.2) is 17.3 Å². The predicted molar refractivity (Wildman–Crippen MR) is 113 cm³/mol. The van der Waals surface area contributed by atoms with E-state index in [1.54, 1.807) is 36.4 Å². The highest BCUT2D eigenvalue weighted by atomic mass is 16.7. The third-order valence-electron chi connectivity index (χ3n) is 4.51. The van der Waals surface area contributed by atoms with E-state index in [-0.39, 0.29) is 18.3 Å². The van der Waals surface area contributed by atoms with E-state index < -0.39 is 17.8 Å². The van der Waals surface area contributed by atoms with Gasteiger partial charge in [0, 0.05) is 5.69 Å². The van der Waals surface area contributed by atoms with Crippen LogP contribution in [0.15, 0.2) is 71.0 Å². The molecule has 1 aliphatic rings. The van der Waals surface area contributed by atoms with Gasteiger partial charge in [0.1, 0.15) is 5.70 Å². The molecule has 2 amide bonds. The summed E-state index contributed by atoms with van der Waals surface area (Å²) in [5, 5.41) is 5.25. The fourth-order valence-electron chi connectivity index (χ4n) is 2.93. The highest BCUT2D eigenvalue weighted by molar-refractivity contribution is 6.10. The van der Waals surface area contributed by atoms with Crippen molar-refractivity contribution in [2.75, 3.05) is 19.2 Å². The van der Waals surface area contributed by atoms with Crippen molar-refractivity contribution in [1.29, 1.82) is 0 Å². The zero-order valence-corrected chi connectivity index (χ0v) is 16.9. The summed E-state index contributed by atoms with van der Waals surface area (Å²) in [6.45, 7) is 0.118. The maximum absolute atomic E-state index is 13.0. The lowest BCUT2D eigenvalue weighted by atomic mass is 10.1. The Bertz CT molecular complexity index is 1180. The van der Waals surface area contributed by atoms with Crippen molar-refractivity contribution in [3.63, 3.8) is 0 Å². The largest absolute Gasteiger partial charge is 0.465 e. The standard InChI is InChI=1S/C23H18N2O7/c1-29-23(28)15-5-7-16(8-6-15)24-21(26)17(25-22(27)19-3-2-10-30-19)11-14-4-9-18-20(12-14)32-13-31-18/h2-12H,13H2,1H3,(H,24,26)(H,25,27)/b17-11-. The van der Waals surface area contributed by atoms with Gasteiger partial charge in [0.2, 0.25) is 6.79 Å². The molecule has 9 nitrogen and oxygen atoms in total. The lowest BCUT2D eigenvalue weighted by Gasteiger charge is -2.11. The second kappa shape index (κ2) is 9.09. The number of carbonyl (C=O) groups is 3. The van der Waals surface area contributed by atoms with E-state index in [2.05, 4.69) is 15.4 Å². The fraction of sp³-hybridized carbons (Fsp3) is 0.0870. The van der Waals surface area contributed by atoms with E-state index in [4.69, 9.17) is 13.9 Å². The Balaban J connectivity index is 1.58. The van der Waals surface area contributed by atoms with Gasteiger partial charge in [-0.2, -0.15) is 0 Å². The highest BCUT2D eigenvalue weighted by Crippen LogP contribution is 2.33. The Hall–Kier alpha value is -4.53. The smallest absolute Gasteiger partial charge is 0.337 e. The molecule has 32 heavy (non-hydrogen) atoms. The molecule has 9 heteroatoms. The molecule has 0 bridgehead atoms. The third-order valence-corrected chi connectivity index (χ3v) is 4.51. The van der Waals surface area contributed by atoms with E-state index in [1.165, 1.54) is 37.6 Å². The first-order valence-corrected chi connectivity index (χ1v) is 9.49. The molecule has 0 atom stereocenters.